The number of carboxylic acids is 1. The molecule has 0 aromatic heterocycles. The first-order chi connectivity index (χ1) is 9.67. The third-order valence-electron chi connectivity index (χ3n) is 3.87. The molecule has 0 amide bonds. The molecule has 0 bridgehead atoms. The summed E-state index contributed by atoms with van der Waals surface area (Å²) in [6.45, 7) is -0.0315. The van der Waals surface area contributed by atoms with Crippen molar-refractivity contribution in [3.8, 4) is 11.1 Å². The van der Waals surface area contributed by atoms with E-state index in [1.54, 1.807) is 12.1 Å². The van der Waals surface area contributed by atoms with E-state index in [0.717, 1.165) is 27.9 Å². The second kappa shape index (κ2) is 4.65. The number of aliphatic hydroxyl groups is 1. The SMILES string of the molecule is CNc1ccc2c(c1)C(CO)c1cccc(C(=O)O)c1-2. The number of rotatable bonds is 3. The Morgan fingerprint density at radius 1 is 1.25 bits per heavy atom. The maximum Gasteiger partial charge on any atom is 0.336 e. The Labute approximate surface area is 116 Å². The molecule has 1 aliphatic carbocycles. The van der Waals surface area contributed by atoms with Crippen molar-refractivity contribution in [2.24, 2.45) is 0 Å². The van der Waals surface area contributed by atoms with Crippen LogP contribution in [0.3, 0.4) is 0 Å². The molecule has 0 saturated heterocycles. The van der Waals surface area contributed by atoms with Crippen LogP contribution in [0.25, 0.3) is 11.1 Å². The molecule has 2 aromatic rings. The highest BCUT2D eigenvalue weighted by Gasteiger charge is 2.31. The zero-order valence-corrected chi connectivity index (χ0v) is 11.1. The molecular formula is C16H15NO3. The molecule has 4 nitrogen and oxygen atoms in total. The number of nitrogens with one attached hydrogen (secondary N) is 1. The molecule has 0 saturated carbocycles. The van der Waals surface area contributed by atoms with Gasteiger partial charge in [0, 0.05) is 24.2 Å². The van der Waals surface area contributed by atoms with Crippen LogP contribution in [0.15, 0.2) is 36.4 Å². The quantitative estimate of drug-likeness (QED) is 0.801. The number of benzene rings is 2. The van der Waals surface area contributed by atoms with Crippen LogP contribution >= 0.6 is 0 Å². The Morgan fingerprint density at radius 3 is 2.70 bits per heavy atom. The number of fused-ring (bicyclic) bond motifs is 3. The summed E-state index contributed by atoms with van der Waals surface area (Å²) >= 11 is 0. The van der Waals surface area contributed by atoms with Gasteiger partial charge in [0.15, 0.2) is 0 Å². The van der Waals surface area contributed by atoms with E-state index in [1.807, 2.05) is 31.3 Å². The van der Waals surface area contributed by atoms with Crippen LogP contribution < -0.4 is 5.32 Å². The van der Waals surface area contributed by atoms with Crippen LogP contribution in [0.5, 0.6) is 0 Å². The van der Waals surface area contributed by atoms with Gasteiger partial charge < -0.3 is 15.5 Å². The highest BCUT2D eigenvalue weighted by molar-refractivity contribution is 5.99. The van der Waals surface area contributed by atoms with Gasteiger partial charge in [-0.25, -0.2) is 4.79 Å². The van der Waals surface area contributed by atoms with Gasteiger partial charge in [-0.1, -0.05) is 18.2 Å². The molecule has 3 N–H and O–H groups in total. The van der Waals surface area contributed by atoms with Gasteiger partial charge in [0.2, 0.25) is 0 Å². The standard InChI is InChI=1S/C16H15NO3/c1-17-9-5-6-11-13(7-9)14(8-18)10-3-2-4-12(15(10)11)16(19)20/h2-7,14,17-18H,8H2,1H3,(H,19,20). The average Bonchev–Trinajstić information content (AvgIpc) is 2.79. The summed E-state index contributed by atoms with van der Waals surface area (Å²) in [4.78, 5) is 11.4. The van der Waals surface area contributed by atoms with E-state index < -0.39 is 5.97 Å². The Balaban J connectivity index is 2.30. The van der Waals surface area contributed by atoms with Crippen molar-refractivity contribution in [1.29, 1.82) is 0 Å². The van der Waals surface area contributed by atoms with Gasteiger partial charge in [-0.05, 0) is 34.9 Å². The number of aromatic carboxylic acids is 1. The van der Waals surface area contributed by atoms with Crippen molar-refractivity contribution in [2.75, 3.05) is 19.0 Å². The molecule has 3 rings (SSSR count). The van der Waals surface area contributed by atoms with E-state index in [2.05, 4.69) is 5.32 Å². The third-order valence-corrected chi connectivity index (χ3v) is 3.87. The number of anilines is 1. The zero-order valence-electron chi connectivity index (χ0n) is 11.1. The molecule has 0 spiro atoms. The lowest BCUT2D eigenvalue weighted by Crippen LogP contribution is -2.03. The normalized spacial score (nSPS) is 15.6. The summed E-state index contributed by atoms with van der Waals surface area (Å²) in [5.41, 5.74) is 4.73. The first-order valence-corrected chi connectivity index (χ1v) is 6.46. The monoisotopic (exact) mass is 269 g/mol. The van der Waals surface area contributed by atoms with Crippen molar-refractivity contribution in [2.45, 2.75) is 5.92 Å². The Hall–Kier alpha value is -2.33. The van der Waals surface area contributed by atoms with Gasteiger partial charge >= 0.3 is 5.97 Å². The van der Waals surface area contributed by atoms with Crippen molar-refractivity contribution in [3.63, 3.8) is 0 Å². The Bertz CT molecular complexity index is 694. The van der Waals surface area contributed by atoms with Gasteiger partial charge in [-0.2, -0.15) is 0 Å². The van der Waals surface area contributed by atoms with Crippen LogP contribution in [-0.2, 0) is 0 Å². The lowest BCUT2D eigenvalue weighted by atomic mass is 9.96. The molecule has 4 heteroatoms. The summed E-state index contributed by atoms with van der Waals surface area (Å²) < 4.78 is 0. The van der Waals surface area contributed by atoms with Gasteiger partial charge in [-0.3, -0.25) is 0 Å². The summed E-state index contributed by atoms with van der Waals surface area (Å²) in [7, 11) is 1.83. The maximum atomic E-state index is 11.4. The van der Waals surface area contributed by atoms with Gasteiger partial charge in [0.05, 0.1) is 12.2 Å². The van der Waals surface area contributed by atoms with E-state index in [-0.39, 0.29) is 18.1 Å². The predicted octanol–water partition coefficient (Wildman–Crippen LogP) is 2.53. The number of hydrogen-bond donors (Lipinski definition) is 3. The van der Waals surface area contributed by atoms with Crippen LogP contribution in [-0.4, -0.2) is 29.8 Å². The smallest absolute Gasteiger partial charge is 0.336 e. The van der Waals surface area contributed by atoms with Gasteiger partial charge in [0.1, 0.15) is 0 Å². The summed E-state index contributed by atoms with van der Waals surface area (Å²) in [6, 6.07) is 11.0. The van der Waals surface area contributed by atoms with Crippen molar-refractivity contribution in [3.05, 3.63) is 53.1 Å². The molecule has 1 unspecified atom stereocenters. The Morgan fingerprint density at radius 2 is 2.05 bits per heavy atom. The second-order valence-electron chi connectivity index (χ2n) is 4.86. The molecule has 1 aliphatic rings. The highest BCUT2D eigenvalue weighted by atomic mass is 16.4. The molecule has 0 heterocycles. The van der Waals surface area contributed by atoms with E-state index in [1.165, 1.54) is 0 Å². The van der Waals surface area contributed by atoms with Gasteiger partial charge in [-0.15, -0.1) is 0 Å². The summed E-state index contributed by atoms with van der Waals surface area (Å²) in [5, 5.41) is 22.1. The fourth-order valence-electron chi connectivity index (χ4n) is 2.94. The average molecular weight is 269 g/mol. The number of hydrogen-bond acceptors (Lipinski definition) is 3. The summed E-state index contributed by atoms with van der Waals surface area (Å²) in [6.07, 6.45) is 0. The van der Waals surface area contributed by atoms with Crippen LogP contribution in [0, 0.1) is 0 Å². The van der Waals surface area contributed by atoms with E-state index in [4.69, 9.17) is 0 Å². The zero-order chi connectivity index (χ0) is 14.3. The second-order valence-corrected chi connectivity index (χ2v) is 4.86. The van der Waals surface area contributed by atoms with Crippen molar-refractivity contribution in [1.82, 2.24) is 0 Å². The van der Waals surface area contributed by atoms with E-state index in [0.29, 0.717) is 0 Å². The van der Waals surface area contributed by atoms with E-state index >= 15 is 0 Å². The maximum absolute atomic E-state index is 11.4. The van der Waals surface area contributed by atoms with E-state index in [9.17, 15) is 15.0 Å². The largest absolute Gasteiger partial charge is 0.478 e. The molecule has 2 aromatic carbocycles. The first-order valence-electron chi connectivity index (χ1n) is 6.46. The summed E-state index contributed by atoms with van der Waals surface area (Å²) in [5.74, 6) is -1.10. The number of carboxylic acid groups (broad SMARTS) is 1. The predicted molar refractivity (Wildman–Crippen MR) is 77.3 cm³/mol. The molecule has 20 heavy (non-hydrogen) atoms. The minimum atomic E-state index is -0.941. The van der Waals surface area contributed by atoms with Crippen molar-refractivity contribution < 1.29 is 15.0 Å². The highest BCUT2D eigenvalue weighted by Crippen LogP contribution is 2.47. The fourth-order valence-corrected chi connectivity index (χ4v) is 2.94. The number of carbonyl (C=O) groups is 1. The number of aliphatic hydroxyl groups excluding tert-OH is 1. The van der Waals surface area contributed by atoms with Crippen LogP contribution in [0.1, 0.15) is 27.4 Å². The van der Waals surface area contributed by atoms with Gasteiger partial charge in [0.25, 0.3) is 0 Å². The molecule has 0 fully saturated rings. The van der Waals surface area contributed by atoms with Crippen LogP contribution in [0.4, 0.5) is 5.69 Å². The van der Waals surface area contributed by atoms with Crippen LogP contribution in [0.2, 0.25) is 0 Å². The molecule has 0 radical (unpaired) electrons. The van der Waals surface area contributed by atoms with Crippen molar-refractivity contribution >= 4 is 11.7 Å². The Kier molecular flexibility index (Phi) is 2.95. The molecule has 0 aliphatic heterocycles. The topological polar surface area (TPSA) is 69.6 Å². The minimum absolute atomic E-state index is 0.0315. The third kappa shape index (κ3) is 1.69. The lowest BCUT2D eigenvalue weighted by molar-refractivity contribution is 0.0697. The molecule has 102 valence electrons. The first kappa shape index (κ1) is 12.7. The fraction of sp³-hybridized carbons (Fsp3) is 0.188. The molecular weight excluding hydrogens is 254 g/mol. The molecule has 1 atom stereocenters. The lowest BCUT2D eigenvalue weighted by Gasteiger charge is -2.10. The minimum Gasteiger partial charge on any atom is -0.478 e.